The molecular formula is C19H18FN7O. The van der Waals surface area contributed by atoms with Crippen LogP contribution in [0.15, 0.2) is 35.3 Å². The van der Waals surface area contributed by atoms with Crippen molar-refractivity contribution in [2.75, 3.05) is 12.4 Å². The van der Waals surface area contributed by atoms with E-state index in [9.17, 15) is 9.18 Å². The lowest BCUT2D eigenvalue weighted by atomic mass is 9.91. The quantitative estimate of drug-likeness (QED) is 0.701. The molecule has 1 aliphatic rings. The Morgan fingerprint density at radius 2 is 2.07 bits per heavy atom. The van der Waals surface area contributed by atoms with E-state index in [1.807, 2.05) is 0 Å². The third-order valence-electron chi connectivity index (χ3n) is 4.66. The number of aliphatic imine (C=N–C) groups is 1. The fraction of sp³-hybridized carbons (Fsp3) is 0.263. The molecule has 9 heteroatoms. The minimum Gasteiger partial charge on any atom is -0.308 e. The highest BCUT2D eigenvalue weighted by Gasteiger charge is 2.41. The number of benzene rings is 1. The van der Waals surface area contributed by atoms with Crippen molar-refractivity contribution in [3.63, 3.8) is 0 Å². The second-order valence-corrected chi connectivity index (χ2v) is 7.00. The normalized spacial score (nSPS) is 15.1. The van der Waals surface area contributed by atoms with Crippen LogP contribution in [0.3, 0.4) is 0 Å². The minimum atomic E-state index is -0.780. The Bertz CT molecular complexity index is 1100. The lowest BCUT2D eigenvalue weighted by Gasteiger charge is -2.11. The number of nitrogens with zero attached hydrogens (tertiary/aromatic N) is 6. The van der Waals surface area contributed by atoms with Crippen LogP contribution in [0.1, 0.15) is 30.8 Å². The number of anilines is 1. The van der Waals surface area contributed by atoms with Crippen molar-refractivity contribution in [3.8, 4) is 11.5 Å². The Morgan fingerprint density at radius 3 is 2.82 bits per heavy atom. The van der Waals surface area contributed by atoms with Crippen LogP contribution < -0.4 is 5.32 Å². The van der Waals surface area contributed by atoms with Crippen LogP contribution in [0, 0.1) is 5.82 Å². The monoisotopic (exact) mass is 379 g/mol. The largest absolute Gasteiger partial charge is 0.308 e. The lowest BCUT2D eigenvalue weighted by Crippen LogP contribution is -2.27. The van der Waals surface area contributed by atoms with Crippen molar-refractivity contribution in [1.82, 2.24) is 25.0 Å². The maximum atomic E-state index is 14.0. The summed E-state index contributed by atoms with van der Waals surface area (Å²) in [5.41, 5.74) is 1.36. The topological polar surface area (TPSA) is 97.9 Å². The van der Waals surface area contributed by atoms with Crippen LogP contribution >= 0.6 is 0 Å². The summed E-state index contributed by atoms with van der Waals surface area (Å²) in [6.07, 6.45) is 1.63. The van der Waals surface area contributed by atoms with E-state index in [1.54, 1.807) is 56.1 Å². The highest BCUT2D eigenvalue weighted by Crippen LogP contribution is 2.34. The van der Waals surface area contributed by atoms with Crippen LogP contribution in [0.25, 0.3) is 11.5 Å². The van der Waals surface area contributed by atoms with Crippen molar-refractivity contribution in [3.05, 3.63) is 53.1 Å². The molecule has 8 nitrogen and oxygen atoms in total. The van der Waals surface area contributed by atoms with E-state index in [0.29, 0.717) is 28.5 Å². The SMILES string of the molecule is C/N=C/c1cc(-c2nnc3c(n2)NC(=O)C3(C)C)nn1Cc1ccccc1F. The van der Waals surface area contributed by atoms with Crippen molar-refractivity contribution in [2.24, 2.45) is 4.99 Å². The predicted molar refractivity (Wildman–Crippen MR) is 102 cm³/mol. The van der Waals surface area contributed by atoms with E-state index in [2.05, 4.69) is 30.6 Å². The van der Waals surface area contributed by atoms with E-state index in [4.69, 9.17) is 0 Å². The van der Waals surface area contributed by atoms with E-state index in [0.717, 1.165) is 0 Å². The van der Waals surface area contributed by atoms with Crippen LogP contribution in [0.2, 0.25) is 0 Å². The molecule has 0 aliphatic carbocycles. The number of fused-ring (bicyclic) bond motifs is 1. The number of aromatic nitrogens is 5. The molecular weight excluding hydrogens is 361 g/mol. The molecule has 1 N–H and O–H groups in total. The zero-order chi connectivity index (χ0) is 19.9. The molecule has 0 radical (unpaired) electrons. The maximum absolute atomic E-state index is 14.0. The first-order valence-electron chi connectivity index (χ1n) is 8.70. The molecule has 4 rings (SSSR count). The third kappa shape index (κ3) is 2.94. The van der Waals surface area contributed by atoms with Crippen molar-refractivity contribution >= 4 is 17.9 Å². The first kappa shape index (κ1) is 17.9. The summed E-state index contributed by atoms with van der Waals surface area (Å²) in [7, 11) is 1.64. The molecule has 1 aromatic carbocycles. The first-order chi connectivity index (χ1) is 13.4. The van der Waals surface area contributed by atoms with Gasteiger partial charge in [0.05, 0.1) is 17.7 Å². The molecule has 0 bridgehead atoms. The summed E-state index contributed by atoms with van der Waals surface area (Å²) >= 11 is 0. The van der Waals surface area contributed by atoms with Gasteiger partial charge in [-0.1, -0.05) is 18.2 Å². The van der Waals surface area contributed by atoms with E-state index in [1.165, 1.54) is 6.07 Å². The van der Waals surface area contributed by atoms with Gasteiger partial charge < -0.3 is 5.32 Å². The van der Waals surface area contributed by atoms with Gasteiger partial charge in [-0.3, -0.25) is 14.5 Å². The molecule has 1 aliphatic heterocycles. The lowest BCUT2D eigenvalue weighted by molar-refractivity contribution is -0.119. The molecule has 142 valence electrons. The number of hydrogen-bond acceptors (Lipinski definition) is 6. The molecule has 0 spiro atoms. The number of rotatable bonds is 4. The maximum Gasteiger partial charge on any atom is 0.237 e. The second-order valence-electron chi connectivity index (χ2n) is 7.00. The van der Waals surface area contributed by atoms with Gasteiger partial charge in [0, 0.05) is 18.8 Å². The summed E-state index contributed by atoms with van der Waals surface area (Å²) in [6, 6.07) is 8.27. The molecule has 0 fully saturated rings. The second kappa shape index (κ2) is 6.59. The fourth-order valence-electron chi connectivity index (χ4n) is 3.01. The number of carbonyl (C=O) groups excluding carboxylic acids is 1. The summed E-state index contributed by atoms with van der Waals surface area (Å²) in [5.74, 6) is 0.175. The summed E-state index contributed by atoms with van der Waals surface area (Å²) in [5, 5.41) is 15.6. The van der Waals surface area contributed by atoms with Crippen LogP contribution in [0.5, 0.6) is 0 Å². The molecule has 0 atom stereocenters. The van der Waals surface area contributed by atoms with Gasteiger partial charge in [-0.15, -0.1) is 10.2 Å². The molecule has 3 heterocycles. The summed E-state index contributed by atoms with van der Waals surface area (Å²) < 4.78 is 15.7. The Balaban J connectivity index is 1.73. The van der Waals surface area contributed by atoms with Crippen molar-refractivity contribution < 1.29 is 9.18 Å². The van der Waals surface area contributed by atoms with E-state index in [-0.39, 0.29) is 24.1 Å². The van der Waals surface area contributed by atoms with Crippen LogP contribution in [-0.2, 0) is 16.8 Å². The molecule has 0 saturated carbocycles. The van der Waals surface area contributed by atoms with Gasteiger partial charge in [0.25, 0.3) is 0 Å². The van der Waals surface area contributed by atoms with Crippen molar-refractivity contribution in [2.45, 2.75) is 25.8 Å². The van der Waals surface area contributed by atoms with Gasteiger partial charge in [0.1, 0.15) is 17.2 Å². The van der Waals surface area contributed by atoms with Gasteiger partial charge >= 0.3 is 0 Å². The average Bonchev–Trinajstić information content (AvgIpc) is 3.16. The van der Waals surface area contributed by atoms with Gasteiger partial charge in [0.2, 0.25) is 11.7 Å². The van der Waals surface area contributed by atoms with Gasteiger partial charge in [-0.25, -0.2) is 9.37 Å². The Morgan fingerprint density at radius 1 is 1.29 bits per heavy atom. The number of amides is 1. The Kier molecular flexibility index (Phi) is 4.21. The van der Waals surface area contributed by atoms with Gasteiger partial charge in [-0.05, 0) is 26.0 Å². The smallest absolute Gasteiger partial charge is 0.237 e. The van der Waals surface area contributed by atoms with Gasteiger partial charge in [0.15, 0.2) is 5.82 Å². The van der Waals surface area contributed by atoms with E-state index < -0.39 is 5.41 Å². The molecule has 28 heavy (non-hydrogen) atoms. The van der Waals surface area contributed by atoms with Crippen LogP contribution in [-0.4, -0.2) is 44.1 Å². The van der Waals surface area contributed by atoms with Crippen LogP contribution in [0.4, 0.5) is 10.2 Å². The average molecular weight is 379 g/mol. The zero-order valence-electron chi connectivity index (χ0n) is 15.6. The van der Waals surface area contributed by atoms with E-state index >= 15 is 0 Å². The number of hydrogen-bond donors (Lipinski definition) is 1. The number of carbonyl (C=O) groups is 1. The Labute approximate surface area is 160 Å². The first-order valence-corrected chi connectivity index (χ1v) is 8.70. The zero-order valence-corrected chi connectivity index (χ0v) is 15.6. The highest BCUT2D eigenvalue weighted by atomic mass is 19.1. The third-order valence-corrected chi connectivity index (χ3v) is 4.66. The standard InChI is InChI=1S/C19H18FN7O/c1-19(2)15-17(23-18(19)28)22-16(25-24-15)14-8-12(9-21-3)27(26-14)10-11-6-4-5-7-13(11)20/h4-9H,10H2,1-3H3,(H,22,23,25,28)/b21-9+. The minimum absolute atomic E-state index is 0.176. The molecule has 2 aromatic heterocycles. The molecule has 1 amide bonds. The van der Waals surface area contributed by atoms with Crippen molar-refractivity contribution in [1.29, 1.82) is 0 Å². The summed E-state index contributed by atoms with van der Waals surface area (Å²) in [4.78, 5) is 20.5. The fourth-order valence-corrected chi connectivity index (χ4v) is 3.01. The number of halogens is 1. The number of nitrogens with one attached hydrogen (secondary N) is 1. The molecule has 0 unspecified atom stereocenters. The molecule has 0 saturated heterocycles. The molecule has 3 aromatic rings. The summed E-state index contributed by atoms with van der Waals surface area (Å²) in [6.45, 7) is 3.77. The Hall–Kier alpha value is -3.49. The van der Waals surface area contributed by atoms with Gasteiger partial charge in [-0.2, -0.15) is 5.10 Å². The highest BCUT2D eigenvalue weighted by molar-refractivity contribution is 6.03. The predicted octanol–water partition coefficient (Wildman–Crippen LogP) is 2.20.